The summed E-state index contributed by atoms with van der Waals surface area (Å²) in [6.45, 7) is 4.47. The second-order valence-electron chi connectivity index (χ2n) is 7.81. The Hall–Kier alpha value is -2.22. The predicted octanol–water partition coefficient (Wildman–Crippen LogP) is 3.50. The molecule has 1 aromatic carbocycles. The minimum atomic E-state index is -0.117. The number of nitrogens with one attached hydrogen (secondary N) is 2. The van der Waals surface area contributed by atoms with Gasteiger partial charge in [0, 0.05) is 43.6 Å². The second-order valence-corrected chi connectivity index (χ2v) is 8.76. The molecule has 4 rings (SSSR count). The summed E-state index contributed by atoms with van der Waals surface area (Å²) in [7, 11) is 0. The number of nitrogens with zero attached hydrogens (tertiary/aromatic N) is 2. The van der Waals surface area contributed by atoms with Gasteiger partial charge in [-0.1, -0.05) is 18.9 Å². The number of piperazine rings is 1. The highest BCUT2D eigenvalue weighted by atomic mass is 32.1. The Morgan fingerprint density at radius 1 is 0.931 bits per heavy atom. The van der Waals surface area contributed by atoms with Gasteiger partial charge in [-0.2, -0.15) is 0 Å². The van der Waals surface area contributed by atoms with Gasteiger partial charge in [-0.05, 0) is 48.6 Å². The summed E-state index contributed by atoms with van der Waals surface area (Å²) in [6.07, 6.45) is 5.40. The molecule has 0 atom stereocenters. The highest BCUT2D eigenvalue weighted by Gasteiger charge is 2.26. The maximum absolute atomic E-state index is 12.4. The Balaban J connectivity index is 1.21. The van der Waals surface area contributed by atoms with Crippen LogP contribution in [-0.4, -0.2) is 60.4 Å². The minimum absolute atomic E-state index is 0.00897. The third-order valence-corrected chi connectivity index (χ3v) is 6.66. The number of carbonyl (C=O) groups is 2. The van der Waals surface area contributed by atoms with Crippen LogP contribution in [0.4, 0.5) is 11.4 Å². The SMILES string of the molecule is O=C(CN1CCN(C2CCCC2)CC1)Nc1ccc(NC(=O)c2cccs2)cc1. The van der Waals surface area contributed by atoms with Crippen molar-refractivity contribution in [2.24, 2.45) is 0 Å². The molecule has 1 aliphatic carbocycles. The number of thiophene rings is 1. The van der Waals surface area contributed by atoms with Crippen molar-refractivity contribution in [3.63, 3.8) is 0 Å². The van der Waals surface area contributed by atoms with E-state index in [1.165, 1.54) is 37.0 Å². The molecule has 2 amide bonds. The topological polar surface area (TPSA) is 64.7 Å². The van der Waals surface area contributed by atoms with Gasteiger partial charge < -0.3 is 10.6 Å². The fourth-order valence-corrected chi connectivity index (χ4v) is 4.82. The molecule has 2 N–H and O–H groups in total. The van der Waals surface area contributed by atoms with E-state index in [-0.39, 0.29) is 11.8 Å². The molecule has 1 saturated carbocycles. The van der Waals surface area contributed by atoms with E-state index in [0.29, 0.717) is 17.1 Å². The molecule has 0 unspecified atom stereocenters. The van der Waals surface area contributed by atoms with E-state index in [4.69, 9.17) is 0 Å². The van der Waals surface area contributed by atoms with Crippen LogP contribution in [-0.2, 0) is 4.79 Å². The van der Waals surface area contributed by atoms with Crippen molar-refractivity contribution in [1.29, 1.82) is 0 Å². The van der Waals surface area contributed by atoms with Crippen LogP contribution in [0.5, 0.6) is 0 Å². The van der Waals surface area contributed by atoms with Crippen LogP contribution in [0, 0.1) is 0 Å². The lowest BCUT2D eigenvalue weighted by Crippen LogP contribution is -2.51. The fraction of sp³-hybridized carbons (Fsp3) is 0.455. The zero-order valence-corrected chi connectivity index (χ0v) is 17.4. The summed E-state index contributed by atoms with van der Waals surface area (Å²) in [5, 5.41) is 7.70. The first kappa shape index (κ1) is 20.1. The Morgan fingerprint density at radius 3 is 2.21 bits per heavy atom. The molecular weight excluding hydrogens is 384 g/mol. The zero-order valence-electron chi connectivity index (χ0n) is 16.6. The van der Waals surface area contributed by atoms with Gasteiger partial charge in [0.15, 0.2) is 0 Å². The Bertz CT molecular complexity index is 808. The summed E-state index contributed by atoms with van der Waals surface area (Å²) >= 11 is 1.41. The lowest BCUT2D eigenvalue weighted by Gasteiger charge is -2.37. The molecule has 29 heavy (non-hydrogen) atoms. The molecule has 1 saturated heterocycles. The van der Waals surface area contributed by atoms with Crippen LogP contribution in [0.1, 0.15) is 35.4 Å². The van der Waals surface area contributed by atoms with Crippen molar-refractivity contribution in [3.05, 3.63) is 46.7 Å². The third kappa shape index (κ3) is 5.44. The summed E-state index contributed by atoms with van der Waals surface area (Å²) in [6, 6.07) is 11.7. The molecule has 154 valence electrons. The van der Waals surface area contributed by atoms with Gasteiger partial charge in [-0.15, -0.1) is 11.3 Å². The first-order chi connectivity index (χ1) is 14.2. The molecular formula is C22H28N4O2S. The summed E-state index contributed by atoms with van der Waals surface area (Å²) < 4.78 is 0. The summed E-state index contributed by atoms with van der Waals surface area (Å²) in [5.74, 6) is -0.108. The standard InChI is InChI=1S/C22H28N4O2S/c27-21(16-25-11-13-26(14-12-25)19-4-1-2-5-19)23-17-7-9-18(10-8-17)24-22(28)20-6-3-15-29-20/h3,6-10,15,19H,1-2,4-5,11-14,16H2,(H,23,27)(H,24,28). The Labute approximate surface area is 175 Å². The highest BCUT2D eigenvalue weighted by molar-refractivity contribution is 7.12. The smallest absolute Gasteiger partial charge is 0.265 e. The van der Waals surface area contributed by atoms with E-state index in [9.17, 15) is 9.59 Å². The van der Waals surface area contributed by atoms with Crippen LogP contribution in [0.15, 0.2) is 41.8 Å². The highest BCUT2D eigenvalue weighted by Crippen LogP contribution is 2.24. The maximum Gasteiger partial charge on any atom is 0.265 e. The van der Waals surface area contributed by atoms with Crippen molar-refractivity contribution in [2.45, 2.75) is 31.7 Å². The summed E-state index contributed by atoms with van der Waals surface area (Å²) in [4.78, 5) is 30.0. The molecule has 0 spiro atoms. The fourth-order valence-electron chi connectivity index (χ4n) is 4.20. The van der Waals surface area contributed by atoms with Gasteiger partial charge in [-0.25, -0.2) is 0 Å². The number of hydrogen-bond acceptors (Lipinski definition) is 5. The largest absolute Gasteiger partial charge is 0.325 e. The van der Waals surface area contributed by atoms with Gasteiger partial charge >= 0.3 is 0 Å². The lowest BCUT2D eigenvalue weighted by atomic mass is 10.2. The third-order valence-electron chi connectivity index (χ3n) is 5.79. The van der Waals surface area contributed by atoms with Crippen LogP contribution in [0.25, 0.3) is 0 Å². The number of benzene rings is 1. The van der Waals surface area contributed by atoms with Crippen molar-refractivity contribution in [1.82, 2.24) is 9.80 Å². The first-order valence-electron chi connectivity index (χ1n) is 10.4. The van der Waals surface area contributed by atoms with Gasteiger partial charge in [0.2, 0.25) is 5.91 Å². The molecule has 0 bridgehead atoms. The van der Waals surface area contributed by atoms with Crippen LogP contribution >= 0.6 is 11.3 Å². The van der Waals surface area contributed by atoms with E-state index < -0.39 is 0 Å². The average molecular weight is 413 g/mol. The van der Waals surface area contributed by atoms with Gasteiger partial charge in [0.25, 0.3) is 5.91 Å². The molecule has 0 radical (unpaired) electrons. The lowest BCUT2D eigenvalue weighted by molar-refractivity contribution is -0.117. The Morgan fingerprint density at radius 2 is 1.59 bits per heavy atom. The molecule has 1 aromatic heterocycles. The van der Waals surface area contributed by atoms with E-state index in [2.05, 4.69) is 20.4 Å². The van der Waals surface area contributed by atoms with Gasteiger partial charge in [0.1, 0.15) is 0 Å². The molecule has 2 fully saturated rings. The number of anilines is 2. The molecule has 6 nitrogen and oxygen atoms in total. The van der Waals surface area contributed by atoms with Crippen LogP contribution < -0.4 is 10.6 Å². The van der Waals surface area contributed by atoms with E-state index in [0.717, 1.165) is 37.9 Å². The molecule has 1 aliphatic heterocycles. The quantitative estimate of drug-likeness (QED) is 0.762. The zero-order chi connectivity index (χ0) is 20.1. The maximum atomic E-state index is 12.4. The molecule has 2 aromatic rings. The average Bonchev–Trinajstić information content (AvgIpc) is 3.44. The van der Waals surface area contributed by atoms with Crippen molar-refractivity contribution < 1.29 is 9.59 Å². The van der Waals surface area contributed by atoms with Crippen molar-refractivity contribution >= 4 is 34.5 Å². The van der Waals surface area contributed by atoms with Gasteiger partial charge in [-0.3, -0.25) is 19.4 Å². The van der Waals surface area contributed by atoms with Crippen molar-refractivity contribution in [2.75, 3.05) is 43.4 Å². The van der Waals surface area contributed by atoms with E-state index >= 15 is 0 Å². The normalized spacial score (nSPS) is 18.6. The van der Waals surface area contributed by atoms with E-state index in [1.54, 1.807) is 6.07 Å². The minimum Gasteiger partial charge on any atom is -0.325 e. The number of amides is 2. The van der Waals surface area contributed by atoms with Crippen LogP contribution in [0.3, 0.4) is 0 Å². The summed E-state index contributed by atoms with van der Waals surface area (Å²) in [5.41, 5.74) is 1.46. The number of rotatable bonds is 6. The monoisotopic (exact) mass is 412 g/mol. The number of carbonyl (C=O) groups excluding carboxylic acids is 2. The van der Waals surface area contributed by atoms with Gasteiger partial charge in [0.05, 0.1) is 11.4 Å². The second kappa shape index (κ2) is 9.52. The molecule has 2 aliphatic rings. The first-order valence-corrected chi connectivity index (χ1v) is 11.3. The predicted molar refractivity (Wildman–Crippen MR) is 118 cm³/mol. The number of hydrogen-bond donors (Lipinski definition) is 2. The molecule has 2 heterocycles. The van der Waals surface area contributed by atoms with Crippen molar-refractivity contribution in [3.8, 4) is 0 Å². The Kier molecular flexibility index (Phi) is 6.59. The van der Waals surface area contributed by atoms with E-state index in [1.807, 2.05) is 35.7 Å². The van der Waals surface area contributed by atoms with Crippen LogP contribution in [0.2, 0.25) is 0 Å². The molecule has 7 heteroatoms.